The van der Waals surface area contributed by atoms with Crippen molar-refractivity contribution in [1.82, 2.24) is 19.2 Å². The number of halogens is 1. The van der Waals surface area contributed by atoms with Crippen LogP contribution in [0.3, 0.4) is 0 Å². The zero-order chi connectivity index (χ0) is 25.6. The van der Waals surface area contributed by atoms with Crippen molar-refractivity contribution in [2.24, 2.45) is 0 Å². The van der Waals surface area contributed by atoms with Gasteiger partial charge in [0.25, 0.3) is 5.91 Å². The number of amides is 1. The first-order chi connectivity index (χ1) is 17.3. The third kappa shape index (κ3) is 4.05. The van der Waals surface area contributed by atoms with Crippen LogP contribution in [-0.4, -0.2) is 62.2 Å². The van der Waals surface area contributed by atoms with E-state index in [0.29, 0.717) is 22.9 Å². The molecule has 1 amide bonds. The molecule has 1 aliphatic heterocycles. The number of carbonyl (C=O) groups excluding carboxylic acids is 2. The molecule has 9 heteroatoms. The molecule has 1 N–H and O–H groups in total. The summed E-state index contributed by atoms with van der Waals surface area (Å²) in [7, 11) is 0. The van der Waals surface area contributed by atoms with E-state index >= 15 is 0 Å². The van der Waals surface area contributed by atoms with Gasteiger partial charge in [0, 0.05) is 23.3 Å². The van der Waals surface area contributed by atoms with E-state index in [1.807, 2.05) is 59.9 Å². The maximum Gasteiger partial charge on any atom is 0.290 e. The number of hydrogen-bond donors (Lipinski definition) is 1. The molecule has 7 nitrogen and oxygen atoms in total. The molecule has 2 aromatic heterocycles. The van der Waals surface area contributed by atoms with Gasteiger partial charge in [0.05, 0.1) is 27.5 Å². The van der Waals surface area contributed by atoms with E-state index in [9.17, 15) is 14.7 Å². The van der Waals surface area contributed by atoms with E-state index in [1.54, 1.807) is 4.90 Å². The van der Waals surface area contributed by atoms with Crippen LogP contribution >= 0.6 is 27.3 Å². The Morgan fingerprint density at radius 2 is 1.92 bits per heavy atom. The van der Waals surface area contributed by atoms with Crippen LogP contribution in [0.2, 0.25) is 0 Å². The molecule has 1 aliphatic rings. The Balaban J connectivity index is 1.59. The predicted octanol–water partition coefficient (Wildman–Crippen LogP) is 5.54. The number of Topliss-reactive ketones (excluding diaryl/α,β-unsaturated/α-hetero) is 1. The smallest absolute Gasteiger partial charge is 0.290 e. The molecule has 3 heterocycles. The van der Waals surface area contributed by atoms with E-state index in [0.717, 1.165) is 39.9 Å². The maximum absolute atomic E-state index is 14.0. The van der Waals surface area contributed by atoms with Gasteiger partial charge in [-0.15, -0.1) is 0 Å². The van der Waals surface area contributed by atoms with Crippen molar-refractivity contribution in [1.29, 1.82) is 0 Å². The van der Waals surface area contributed by atoms with Gasteiger partial charge in [0.2, 0.25) is 5.78 Å². The zero-order valence-electron chi connectivity index (χ0n) is 20.4. The molecule has 1 atom stereocenters. The number of aliphatic hydroxyl groups is 1. The second-order valence-electron chi connectivity index (χ2n) is 8.81. The van der Waals surface area contributed by atoms with Crippen molar-refractivity contribution < 1.29 is 14.7 Å². The summed E-state index contributed by atoms with van der Waals surface area (Å²) >= 11 is 4.80. The number of aliphatic hydroxyl groups excluding tert-OH is 1. The first kappa shape index (κ1) is 24.7. The summed E-state index contributed by atoms with van der Waals surface area (Å²) in [6.07, 6.45) is 0. The van der Waals surface area contributed by atoms with Gasteiger partial charge in [0.15, 0.2) is 10.7 Å². The topological polar surface area (TPSA) is 78.2 Å². The summed E-state index contributed by atoms with van der Waals surface area (Å²) < 4.78 is 2.81. The largest absolute Gasteiger partial charge is 0.503 e. The number of rotatable bonds is 8. The van der Waals surface area contributed by atoms with E-state index in [2.05, 4.69) is 39.7 Å². The normalized spacial score (nSPS) is 16.3. The molecule has 0 radical (unpaired) electrons. The highest BCUT2D eigenvalue weighted by molar-refractivity contribution is 9.10. The minimum atomic E-state index is -0.677. The number of hydrogen-bond acceptors (Lipinski definition) is 6. The SMILES string of the molecule is CCN(CC)CCN1C(=O)C(O)=C(C(=O)c2sc3nc4ccccc4n3c2C)C1c1cccc(Br)c1. The molecule has 0 saturated carbocycles. The number of nitrogens with zero attached hydrogens (tertiary/aromatic N) is 4. The predicted molar refractivity (Wildman–Crippen MR) is 146 cm³/mol. The Labute approximate surface area is 221 Å². The zero-order valence-corrected chi connectivity index (χ0v) is 22.8. The van der Waals surface area contributed by atoms with E-state index in [-0.39, 0.29) is 11.4 Å². The molecule has 0 bridgehead atoms. The van der Waals surface area contributed by atoms with Crippen LogP contribution in [-0.2, 0) is 4.79 Å². The van der Waals surface area contributed by atoms with Crippen LogP contribution < -0.4 is 0 Å². The van der Waals surface area contributed by atoms with Crippen LogP contribution in [0, 0.1) is 6.92 Å². The fourth-order valence-corrected chi connectivity index (χ4v) is 6.44. The molecule has 186 valence electrons. The van der Waals surface area contributed by atoms with Crippen LogP contribution in [0.1, 0.15) is 40.8 Å². The summed E-state index contributed by atoms with van der Waals surface area (Å²) in [6.45, 7) is 8.79. The van der Waals surface area contributed by atoms with Gasteiger partial charge in [-0.1, -0.05) is 65.4 Å². The van der Waals surface area contributed by atoms with E-state index in [4.69, 9.17) is 0 Å². The van der Waals surface area contributed by atoms with Gasteiger partial charge in [0.1, 0.15) is 0 Å². The van der Waals surface area contributed by atoms with Crippen LogP contribution in [0.15, 0.2) is 64.3 Å². The van der Waals surface area contributed by atoms with Gasteiger partial charge < -0.3 is 14.9 Å². The molecule has 36 heavy (non-hydrogen) atoms. The number of fused-ring (bicyclic) bond motifs is 3. The third-order valence-electron chi connectivity index (χ3n) is 6.86. The van der Waals surface area contributed by atoms with Crippen molar-refractivity contribution in [2.75, 3.05) is 26.2 Å². The molecule has 0 saturated heterocycles. The number of imidazole rings is 1. The second-order valence-corrected chi connectivity index (χ2v) is 10.7. The Morgan fingerprint density at radius 3 is 2.64 bits per heavy atom. The summed E-state index contributed by atoms with van der Waals surface area (Å²) in [4.78, 5) is 37.0. The van der Waals surface area contributed by atoms with Crippen molar-refractivity contribution >= 4 is 55.0 Å². The Hall–Kier alpha value is -3.01. The molecule has 2 aromatic carbocycles. The number of thiazole rings is 1. The van der Waals surface area contributed by atoms with Crippen LogP contribution in [0.4, 0.5) is 0 Å². The average Bonchev–Trinajstić information content (AvgIpc) is 3.48. The number of aromatic nitrogens is 2. The number of benzene rings is 2. The van der Waals surface area contributed by atoms with Gasteiger partial charge in [-0.2, -0.15) is 0 Å². The Bertz CT molecular complexity index is 1520. The highest BCUT2D eigenvalue weighted by atomic mass is 79.9. The van der Waals surface area contributed by atoms with Crippen LogP contribution in [0.5, 0.6) is 0 Å². The second kappa shape index (κ2) is 9.80. The van der Waals surface area contributed by atoms with Gasteiger partial charge in [-0.3, -0.25) is 14.0 Å². The fourth-order valence-electron chi connectivity index (χ4n) is 4.92. The highest BCUT2D eigenvalue weighted by Crippen LogP contribution is 2.41. The lowest BCUT2D eigenvalue weighted by atomic mass is 9.95. The quantitative estimate of drug-likeness (QED) is 0.283. The Kier molecular flexibility index (Phi) is 6.72. The molecular weight excluding hydrogens is 540 g/mol. The van der Waals surface area contributed by atoms with Gasteiger partial charge in [-0.05, 0) is 49.8 Å². The Morgan fingerprint density at radius 1 is 1.17 bits per heavy atom. The highest BCUT2D eigenvalue weighted by Gasteiger charge is 2.44. The van der Waals surface area contributed by atoms with Gasteiger partial charge in [-0.25, -0.2) is 4.98 Å². The lowest BCUT2D eigenvalue weighted by molar-refractivity contribution is -0.129. The van der Waals surface area contributed by atoms with Gasteiger partial charge >= 0.3 is 0 Å². The van der Waals surface area contributed by atoms with E-state index < -0.39 is 17.7 Å². The average molecular weight is 568 g/mol. The monoisotopic (exact) mass is 566 g/mol. The maximum atomic E-state index is 14.0. The lowest BCUT2D eigenvalue weighted by Gasteiger charge is -2.29. The van der Waals surface area contributed by atoms with Crippen molar-refractivity contribution in [3.63, 3.8) is 0 Å². The summed E-state index contributed by atoms with van der Waals surface area (Å²) in [5, 5.41) is 11.1. The van der Waals surface area contributed by atoms with E-state index in [1.165, 1.54) is 11.3 Å². The first-order valence-electron chi connectivity index (χ1n) is 12.0. The summed E-state index contributed by atoms with van der Waals surface area (Å²) in [6, 6.07) is 14.7. The lowest BCUT2D eigenvalue weighted by Crippen LogP contribution is -2.38. The fraction of sp³-hybridized carbons (Fsp3) is 0.296. The number of aryl methyl sites for hydroxylation is 1. The van der Waals surface area contributed by atoms with Crippen molar-refractivity contribution in [3.8, 4) is 0 Å². The minimum absolute atomic E-state index is 0.120. The third-order valence-corrected chi connectivity index (χ3v) is 8.49. The molecule has 0 spiro atoms. The molecule has 5 rings (SSSR count). The minimum Gasteiger partial charge on any atom is -0.503 e. The van der Waals surface area contributed by atoms with Crippen molar-refractivity contribution in [2.45, 2.75) is 26.8 Å². The summed E-state index contributed by atoms with van der Waals surface area (Å²) in [5.41, 5.74) is 3.42. The first-order valence-corrected chi connectivity index (χ1v) is 13.6. The molecule has 0 aliphatic carbocycles. The number of ketones is 1. The number of para-hydroxylation sites is 2. The van der Waals surface area contributed by atoms with Crippen LogP contribution in [0.25, 0.3) is 16.0 Å². The number of likely N-dealkylation sites (N-methyl/N-ethyl adjacent to an activating group) is 1. The molecule has 1 unspecified atom stereocenters. The summed E-state index contributed by atoms with van der Waals surface area (Å²) in [5.74, 6) is -1.33. The molecule has 0 fully saturated rings. The molecule has 4 aromatic rings. The number of carbonyl (C=O) groups is 2. The molecular formula is C27H27BrN4O3S. The van der Waals surface area contributed by atoms with Crippen molar-refractivity contribution in [3.05, 3.63) is 80.5 Å². The standard InChI is InChI=1S/C27H27BrN4O3S/c1-4-30(5-2)13-14-31-22(17-9-8-10-18(28)15-17)21(24(34)26(31)35)23(33)25-16(3)32-20-12-7-6-11-19(20)29-27(32)36-25/h6-12,15,22,34H,4-5,13-14H2,1-3H3.